The SMILES string of the molecule is CN(C)/C=C\N(C)C=NP. The highest BCUT2D eigenvalue weighted by molar-refractivity contribution is 7.14. The van der Waals surface area contributed by atoms with Gasteiger partial charge in [0, 0.05) is 33.5 Å². The maximum atomic E-state index is 3.76. The Morgan fingerprint density at radius 2 is 1.80 bits per heavy atom. The van der Waals surface area contributed by atoms with E-state index in [1.54, 1.807) is 6.34 Å². The van der Waals surface area contributed by atoms with Crippen molar-refractivity contribution in [2.75, 3.05) is 21.1 Å². The van der Waals surface area contributed by atoms with Crippen LogP contribution in [-0.2, 0) is 0 Å². The maximum absolute atomic E-state index is 3.76. The molecular weight excluding hydrogens is 145 g/mol. The Morgan fingerprint density at radius 3 is 2.20 bits per heavy atom. The molecule has 0 radical (unpaired) electrons. The molecule has 58 valence electrons. The van der Waals surface area contributed by atoms with Gasteiger partial charge in [-0.2, -0.15) is 0 Å². The zero-order valence-electron chi connectivity index (χ0n) is 6.65. The summed E-state index contributed by atoms with van der Waals surface area (Å²) in [5.41, 5.74) is 0. The second-order valence-corrected chi connectivity index (χ2v) is 2.49. The molecule has 0 aromatic rings. The quantitative estimate of drug-likeness (QED) is 0.344. The summed E-state index contributed by atoms with van der Waals surface area (Å²) >= 11 is 0. The van der Waals surface area contributed by atoms with Gasteiger partial charge in [0.25, 0.3) is 0 Å². The van der Waals surface area contributed by atoms with Crippen molar-refractivity contribution < 1.29 is 0 Å². The molecule has 0 heterocycles. The Kier molecular flexibility index (Phi) is 4.95. The number of nitrogens with zero attached hydrogens (tertiary/aromatic N) is 3. The predicted molar refractivity (Wildman–Crippen MR) is 48.8 cm³/mol. The van der Waals surface area contributed by atoms with E-state index < -0.39 is 0 Å². The van der Waals surface area contributed by atoms with Gasteiger partial charge in [-0.3, -0.25) is 4.76 Å². The van der Waals surface area contributed by atoms with Gasteiger partial charge in [0.1, 0.15) is 0 Å². The molecule has 0 aliphatic heterocycles. The molecule has 0 spiro atoms. The van der Waals surface area contributed by atoms with Gasteiger partial charge < -0.3 is 9.80 Å². The minimum absolute atomic E-state index is 1.71. The van der Waals surface area contributed by atoms with Crippen LogP contribution in [-0.4, -0.2) is 37.3 Å². The lowest BCUT2D eigenvalue weighted by molar-refractivity contribution is 0.547. The zero-order valence-corrected chi connectivity index (χ0v) is 7.81. The van der Waals surface area contributed by atoms with E-state index in [1.165, 1.54) is 0 Å². The molecule has 0 aromatic carbocycles. The molecule has 1 atom stereocenters. The van der Waals surface area contributed by atoms with Crippen molar-refractivity contribution in [2.24, 2.45) is 4.76 Å². The van der Waals surface area contributed by atoms with E-state index in [1.807, 2.05) is 43.3 Å². The van der Waals surface area contributed by atoms with Crippen molar-refractivity contribution in [2.45, 2.75) is 0 Å². The minimum Gasteiger partial charge on any atom is -0.382 e. The Labute approximate surface area is 64.7 Å². The van der Waals surface area contributed by atoms with Crippen LogP contribution in [0.3, 0.4) is 0 Å². The molecule has 0 amide bonds. The van der Waals surface area contributed by atoms with Crippen LogP contribution in [0, 0.1) is 0 Å². The molecule has 0 saturated heterocycles. The third-order valence-electron chi connectivity index (χ3n) is 0.849. The van der Waals surface area contributed by atoms with Gasteiger partial charge in [-0.1, -0.05) is 0 Å². The summed E-state index contributed by atoms with van der Waals surface area (Å²) in [5.74, 6) is 0. The molecule has 0 aliphatic carbocycles. The first kappa shape index (κ1) is 9.44. The smallest absolute Gasteiger partial charge is 0.0924 e. The van der Waals surface area contributed by atoms with Gasteiger partial charge in [-0.25, -0.2) is 0 Å². The molecule has 0 aliphatic rings. The fourth-order valence-corrected chi connectivity index (χ4v) is 0.592. The first-order valence-corrected chi connectivity index (χ1v) is 3.48. The first-order valence-electron chi connectivity index (χ1n) is 2.97. The predicted octanol–water partition coefficient (Wildman–Crippen LogP) is 0.769. The van der Waals surface area contributed by atoms with Crippen molar-refractivity contribution in [1.82, 2.24) is 9.80 Å². The maximum Gasteiger partial charge on any atom is 0.0924 e. The third-order valence-corrected chi connectivity index (χ3v) is 0.982. The van der Waals surface area contributed by atoms with Crippen molar-refractivity contribution in [1.29, 1.82) is 0 Å². The van der Waals surface area contributed by atoms with Crippen LogP contribution in [0.2, 0.25) is 0 Å². The average molecular weight is 159 g/mol. The summed E-state index contributed by atoms with van der Waals surface area (Å²) in [5, 5.41) is 0. The van der Waals surface area contributed by atoms with E-state index in [4.69, 9.17) is 0 Å². The van der Waals surface area contributed by atoms with Crippen molar-refractivity contribution in [3.05, 3.63) is 12.4 Å². The highest BCUT2D eigenvalue weighted by Gasteiger charge is 1.80. The summed E-state index contributed by atoms with van der Waals surface area (Å²) in [6.45, 7) is 0. The van der Waals surface area contributed by atoms with Gasteiger partial charge in [0.15, 0.2) is 0 Å². The van der Waals surface area contributed by atoms with E-state index in [0.29, 0.717) is 0 Å². The second kappa shape index (κ2) is 5.24. The molecule has 0 rings (SSSR count). The fourth-order valence-electron chi connectivity index (χ4n) is 0.382. The van der Waals surface area contributed by atoms with Gasteiger partial charge in [-0.15, -0.1) is 0 Å². The van der Waals surface area contributed by atoms with Gasteiger partial charge in [-0.05, 0) is 9.39 Å². The standard InChI is InChI=1S/C6H14N3P/c1-8(2)4-5-9(3)6-7-10/h4-6H,10H2,1-3H3/b5-4-,7-6?. The largest absolute Gasteiger partial charge is 0.382 e. The van der Waals surface area contributed by atoms with Crippen LogP contribution in [0.4, 0.5) is 0 Å². The molecule has 0 aromatic heterocycles. The Balaban J connectivity index is 3.66. The monoisotopic (exact) mass is 159 g/mol. The van der Waals surface area contributed by atoms with E-state index in [9.17, 15) is 0 Å². The average Bonchev–Trinajstić information content (AvgIpc) is 1.85. The highest BCUT2D eigenvalue weighted by Crippen LogP contribution is 1.85. The van der Waals surface area contributed by atoms with Crippen molar-refractivity contribution >= 4 is 15.7 Å². The van der Waals surface area contributed by atoms with Crippen LogP contribution in [0.5, 0.6) is 0 Å². The summed E-state index contributed by atoms with van der Waals surface area (Å²) in [7, 11) is 8.15. The van der Waals surface area contributed by atoms with E-state index in [-0.39, 0.29) is 0 Å². The third kappa shape index (κ3) is 5.57. The van der Waals surface area contributed by atoms with Gasteiger partial charge in [0.05, 0.1) is 6.34 Å². The summed E-state index contributed by atoms with van der Waals surface area (Å²) < 4.78 is 3.76. The second-order valence-electron chi connectivity index (χ2n) is 2.19. The van der Waals surface area contributed by atoms with Crippen LogP contribution < -0.4 is 0 Å². The van der Waals surface area contributed by atoms with E-state index in [2.05, 4.69) is 14.2 Å². The molecule has 4 heteroatoms. The molecule has 1 unspecified atom stereocenters. The van der Waals surface area contributed by atoms with Crippen molar-refractivity contribution in [3.8, 4) is 0 Å². The lowest BCUT2D eigenvalue weighted by atomic mass is 10.7. The summed E-state index contributed by atoms with van der Waals surface area (Å²) in [6, 6.07) is 0. The van der Waals surface area contributed by atoms with Crippen molar-refractivity contribution in [3.63, 3.8) is 0 Å². The van der Waals surface area contributed by atoms with Gasteiger partial charge in [0.2, 0.25) is 0 Å². The molecule has 0 bridgehead atoms. The van der Waals surface area contributed by atoms with Crippen LogP contribution in [0.25, 0.3) is 0 Å². The molecule has 0 saturated carbocycles. The minimum atomic E-state index is 1.71. The molecule has 3 nitrogen and oxygen atoms in total. The fraction of sp³-hybridized carbons (Fsp3) is 0.500. The summed E-state index contributed by atoms with van der Waals surface area (Å²) in [6.07, 6.45) is 5.59. The molecule has 0 fully saturated rings. The summed E-state index contributed by atoms with van der Waals surface area (Å²) in [4.78, 5) is 3.83. The first-order chi connectivity index (χ1) is 4.66. The van der Waals surface area contributed by atoms with E-state index >= 15 is 0 Å². The molecule has 10 heavy (non-hydrogen) atoms. The molecule has 0 N–H and O–H groups in total. The Bertz CT molecular complexity index is 131. The topological polar surface area (TPSA) is 18.8 Å². The van der Waals surface area contributed by atoms with Crippen LogP contribution >= 0.6 is 9.39 Å². The Hall–Kier alpha value is -0.560. The van der Waals surface area contributed by atoms with Crippen LogP contribution in [0.15, 0.2) is 17.2 Å². The lowest BCUT2D eigenvalue weighted by Gasteiger charge is -2.08. The Morgan fingerprint density at radius 1 is 1.20 bits per heavy atom. The number of hydrogen-bond donors (Lipinski definition) is 0. The van der Waals surface area contributed by atoms with E-state index in [0.717, 1.165) is 0 Å². The van der Waals surface area contributed by atoms with Crippen LogP contribution in [0.1, 0.15) is 0 Å². The number of hydrogen-bond acceptors (Lipinski definition) is 2. The zero-order chi connectivity index (χ0) is 7.98. The van der Waals surface area contributed by atoms with Gasteiger partial charge >= 0.3 is 0 Å². The normalized spacial score (nSPS) is 11.2. The number of rotatable bonds is 3. The lowest BCUT2D eigenvalue weighted by Crippen LogP contribution is -2.09. The molecular formula is C6H14N3P. The highest BCUT2D eigenvalue weighted by atomic mass is 31.0.